The Morgan fingerprint density at radius 2 is 1.81 bits per heavy atom. The van der Waals surface area contributed by atoms with Crippen LogP contribution in [0.2, 0.25) is 5.02 Å². The van der Waals surface area contributed by atoms with Gasteiger partial charge in [-0.25, -0.2) is 4.79 Å². The van der Waals surface area contributed by atoms with Gasteiger partial charge in [-0.2, -0.15) is 4.90 Å². The summed E-state index contributed by atoms with van der Waals surface area (Å²) in [6.45, 7) is 4.77. The number of nitrogens with zero attached hydrogens (tertiary/aromatic N) is 2. The monoisotopic (exact) mass is 392 g/mol. The van der Waals surface area contributed by atoms with Crippen LogP contribution in [0.4, 0.5) is 4.79 Å². The number of carbonyl (C=O) groups is 5. The molecule has 1 saturated heterocycles. The lowest BCUT2D eigenvalue weighted by atomic mass is 10.0. The maximum Gasteiger partial charge on any atom is 0.424 e. The highest BCUT2D eigenvalue weighted by Crippen LogP contribution is 2.33. The van der Waals surface area contributed by atoms with E-state index in [1.165, 1.54) is 18.2 Å². The van der Waals surface area contributed by atoms with Crippen LogP contribution in [-0.4, -0.2) is 51.2 Å². The molecule has 0 N–H and O–H groups in total. The second-order valence-electron chi connectivity index (χ2n) is 7.24. The van der Waals surface area contributed by atoms with Gasteiger partial charge in [0.2, 0.25) is 5.91 Å². The van der Waals surface area contributed by atoms with Crippen molar-refractivity contribution in [2.45, 2.75) is 45.3 Å². The van der Waals surface area contributed by atoms with Gasteiger partial charge in [-0.05, 0) is 39.3 Å². The minimum atomic E-state index is -1.28. The Bertz CT molecular complexity index is 888. The lowest BCUT2D eigenvalue weighted by Gasteiger charge is -2.34. The normalized spacial score (nSPS) is 20.2. The number of carbonyl (C=O) groups excluding carboxylic acids is 5. The molecule has 5 amide bonds. The van der Waals surface area contributed by atoms with Gasteiger partial charge in [-0.1, -0.05) is 17.7 Å². The number of rotatable bonds is 1. The van der Waals surface area contributed by atoms with Crippen LogP contribution >= 0.6 is 11.6 Å². The molecule has 2 aliphatic rings. The summed E-state index contributed by atoms with van der Waals surface area (Å²) in [5.41, 5.74) is -0.827. The molecule has 0 bridgehead atoms. The predicted octanol–water partition coefficient (Wildman–Crippen LogP) is 2.39. The predicted molar refractivity (Wildman–Crippen MR) is 93.1 cm³/mol. The van der Waals surface area contributed by atoms with Crippen molar-refractivity contribution < 1.29 is 28.7 Å². The van der Waals surface area contributed by atoms with E-state index >= 15 is 0 Å². The fourth-order valence-corrected chi connectivity index (χ4v) is 3.31. The molecule has 1 unspecified atom stereocenters. The van der Waals surface area contributed by atoms with Gasteiger partial charge in [-0.3, -0.25) is 24.1 Å². The van der Waals surface area contributed by atoms with E-state index in [1.807, 2.05) is 0 Å². The van der Waals surface area contributed by atoms with Crippen LogP contribution in [-0.2, 0) is 14.3 Å². The topological polar surface area (TPSA) is 101 Å². The van der Waals surface area contributed by atoms with Crippen LogP contribution in [0.25, 0.3) is 0 Å². The zero-order chi connectivity index (χ0) is 20.1. The molecule has 8 nitrogen and oxygen atoms in total. The van der Waals surface area contributed by atoms with Gasteiger partial charge >= 0.3 is 6.09 Å². The third kappa shape index (κ3) is 3.21. The number of hydrogen-bond acceptors (Lipinski definition) is 6. The Kier molecular flexibility index (Phi) is 4.55. The molecule has 0 saturated carbocycles. The third-order valence-corrected chi connectivity index (χ3v) is 4.48. The van der Waals surface area contributed by atoms with E-state index in [9.17, 15) is 24.0 Å². The minimum absolute atomic E-state index is 0.0117. The molecule has 1 atom stereocenters. The fraction of sp³-hybridized carbons (Fsp3) is 0.389. The fourth-order valence-electron chi connectivity index (χ4n) is 3.05. The summed E-state index contributed by atoms with van der Waals surface area (Å²) < 4.78 is 5.10. The molecule has 9 heteroatoms. The summed E-state index contributed by atoms with van der Waals surface area (Å²) in [4.78, 5) is 63.7. The molecule has 0 aliphatic carbocycles. The molecule has 1 fully saturated rings. The van der Waals surface area contributed by atoms with Crippen LogP contribution in [0.15, 0.2) is 18.2 Å². The molecule has 0 radical (unpaired) electrons. The molecular weight excluding hydrogens is 376 g/mol. The first-order valence-electron chi connectivity index (χ1n) is 8.29. The highest BCUT2D eigenvalue weighted by molar-refractivity contribution is 6.37. The Labute approximate surface area is 160 Å². The first kappa shape index (κ1) is 19.0. The lowest BCUT2D eigenvalue weighted by molar-refractivity contribution is -0.149. The summed E-state index contributed by atoms with van der Waals surface area (Å²) in [5, 5.41) is 0.0942. The molecule has 3 rings (SSSR count). The number of halogens is 1. The summed E-state index contributed by atoms with van der Waals surface area (Å²) in [7, 11) is 0. The molecule has 1 aromatic carbocycles. The van der Waals surface area contributed by atoms with Crippen LogP contribution in [0.1, 0.15) is 54.3 Å². The molecule has 0 aromatic heterocycles. The van der Waals surface area contributed by atoms with Crippen molar-refractivity contribution in [3.63, 3.8) is 0 Å². The van der Waals surface area contributed by atoms with Crippen LogP contribution < -0.4 is 0 Å². The average molecular weight is 393 g/mol. The summed E-state index contributed by atoms with van der Waals surface area (Å²) in [5.74, 6) is -3.11. The Morgan fingerprint density at radius 1 is 1.15 bits per heavy atom. The Morgan fingerprint density at radius 3 is 2.41 bits per heavy atom. The first-order chi connectivity index (χ1) is 12.5. The number of imide groups is 4. The zero-order valence-corrected chi connectivity index (χ0v) is 15.7. The summed E-state index contributed by atoms with van der Waals surface area (Å²) in [6.07, 6.45) is -1.38. The van der Waals surface area contributed by atoms with Gasteiger partial charge in [-0.15, -0.1) is 0 Å². The minimum Gasteiger partial charge on any atom is -0.443 e. The van der Waals surface area contributed by atoms with Gasteiger partial charge in [0.25, 0.3) is 17.7 Å². The van der Waals surface area contributed by atoms with Gasteiger partial charge in [0.05, 0.1) is 16.1 Å². The van der Waals surface area contributed by atoms with Crippen molar-refractivity contribution in [2.24, 2.45) is 0 Å². The standard InChI is InChI=1S/C18H17ClN2O6/c1-18(2,3)27-17(26)21-12(22)8-7-11(15(21)24)20-14(23)9-5-4-6-10(19)13(9)16(20)25/h4-6,11H,7-8H2,1-3H3. The van der Waals surface area contributed by atoms with E-state index in [2.05, 4.69) is 0 Å². The Balaban J connectivity index is 1.92. The molecule has 2 heterocycles. The van der Waals surface area contributed by atoms with Crippen molar-refractivity contribution in [2.75, 3.05) is 0 Å². The highest BCUT2D eigenvalue weighted by Gasteiger charge is 2.49. The summed E-state index contributed by atoms with van der Waals surface area (Å²) >= 11 is 6.02. The van der Waals surface area contributed by atoms with Gasteiger partial charge in [0.1, 0.15) is 11.6 Å². The molecule has 27 heavy (non-hydrogen) atoms. The van der Waals surface area contributed by atoms with Crippen LogP contribution in [0, 0.1) is 0 Å². The lowest BCUT2D eigenvalue weighted by Crippen LogP contribution is -2.58. The smallest absolute Gasteiger partial charge is 0.424 e. The van der Waals surface area contributed by atoms with E-state index in [-0.39, 0.29) is 29.0 Å². The SMILES string of the molecule is CC(C)(C)OC(=O)N1C(=O)CCC(N2C(=O)c3cccc(Cl)c3C2=O)C1=O. The van der Waals surface area contributed by atoms with Crippen molar-refractivity contribution in [1.29, 1.82) is 0 Å². The van der Waals surface area contributed by atoms with Crippen molar-refractivity contribution in [1.82, 2.24) is 9.80 Å². The number of amides is 5. The number of hydrogen-bond donors (Lipinski definition) is 0. The van der Waals surface area contributed by atoms with Crippen LogP contribution in [0.3, 0.4) is 0 Å². The molecule has 0 spiro atoms. The van der Waals surface area contributed by atoms with Crippen LogP contribution in [0.5, 0.6) is 0 Å². The highest BCUT2D eigenvalue weighted by atomic mass is 35.5. The second kappa shape index (κ2) is 6.45. The largest absolute Gasteiger partial charge is 0.443 e. The van der Waals surface area contributed by atoms with E-state index in [4.69, 9.17) is 16.3 Å². The average Bonchev–Trinajstić information content (AvgIpc) is 2.79. The maximum absolute atomic E-state index is 12.8. The third-order valence-electron chi connectivity index (χ3n) is 4.17. The van der Waals surface area contributed by atoms with Crippen molar-refractivity contribution in [3.8, 4) is 0 Å². The zero-order valence-electron chi connectivity index (χ0n) is 14.9. The number of benzene rings is 1. The Hall–Kier alpha value is -2.74. The van der Waals surface area contributed by atoms with E-state index in [0.717, 1.165) is 4.90 Å². The first-order valence-corrected chi connectivity index (χ1v) is 8.67. The maximum atomic E-state index is 12.8. The number of fused-ring (bicyclic) bond motifs is 1. The summed E-state index contributed by atoms with van der Waals surface area (Å²) in [6, 6.07) is 3.15. The van der Waals surface area contributed by atoms with Gasteiger partial charge in [0, 0.05) is 6.42 Å². The molecule has 1 aromatic rings. The number of ether oxygens (including phenoxy) is 1. The van der Waals surface area contributed by atoms with E-state index in [1.54, 1.807) is 20.8 Å². The van der Waals surface area contributed by atoms with Gasteiger partial charge in [0.15, 0.2) is 0 Å². The van der Waals surface area contributed by atoms with E-state index in [0.29, 0.717) is 4.90 Å². The number of piperidine rings is 1. The van der Waals surface area contributed by atoms with Crippen molar-refractivity contribution >= 4 is 41.3 Å². The molecule has 142 valence electrons. The number of likely N-dealkylation sites (tertiary alicyclic amines) is 1. The van der Waals surface area contributed by atoms with Crippen molar-refractivity contribution in [3.05, 3.63) is 34.3 Å². The molecule has 2 aliphatic heterocycles. The molecular formula is C18H17ClN2O6. The second-order valence-corrected chi connectivity index (χ2v) is 7.65. The van der Waals surface area contributed by atoms with E-state index < -0.39 is 41.4 Å². The van der Waals surface area contributed by atoms with Gasteiger partial charge < -0.3 is 4.74 Å². The quantitative estimate of drug-likeness (QED) is 0.680.